The molecule has 3 rings (SSSR count). The maximum absolute atomic E-state index is 13.8. The molecule has 0 radical (unpaired) electrons. The van der Waals surface area contributed by atoms with E-state index in [9.17, 15) is 9.59 Å². The third kappa shape index (κ3) is 8.32. The van der Waals surface area contributed by atoms with Crippen LogP contribution in [-0.2, 0) is 20.9 Å². The first-order valence-electron chi connectivity index (χ1n) is 13.7. The minimum Gasteiger partial charge on any atom is -0.379 e. The third-order valence-corrected chi connectivity index (χ3v) is 7.51. The molecule has 2 fully saturated rings. The summed E-state index contributed by atoms with van der Waals surface area (Å²) in [5.74, 6) is 0.292. The van der Waals surface area contributed by atoms with E-state index in [1.165, 1.54) is 16.7 Å². The van der Waals surface area contributed by atoms with Crippen LogP contribution in [0.1, 0.15) is 82.4 Å². The van der Waals surface area contributed by atoms with Crippen LogP contribution in [0.25, 0.3) is 0 Å². The van der Waals surface area contributed by atoms with E-state index >= 15 is 0 Å². The van der Waals surface area contributed by atoms with E-state index in [4.69, 9.17) is 4.74 Å². The number of carbonyl (C=O) groups is 2. The summed E-state index contributed by atoms with van der Waals surface area (Å²) in [5.41, 5.74) is 3.54. The quantitative estimate of drug-likeness (QED) is 0.658. The van der Waals surface area contributed by atoms with Crippen molar-refractivity contribution in [3.63, 3.8) is 0 Å². The highest BCUT2D eigenvalue weighted by atomic mass is 16.5. The highest BCUT2D eigenvalue weighted by molar-refractivity contribution is 5.90. The summed E-state index contributed by atoms with van der Waals surface area (Å²) in [7, 11) is 0. The first kappa shape index (κ1) is 27.7. The van der Waals surface area contributed by atoms with E-state index < -0.39 is 11.5 Å². The number of nitrogens with zero attached hydrogens (tertiary/aromatic N) is 1. The van der Waals surface area contributed by atoms with Crippen LogP contribution in [0, 0.1) is 25.2 Å². The van der Waals surface area contributed by atoms with Crippen molar-refractivity contribution in [3.8, 4) is 0 Å². The van der Waals surface area contributed by atoms with Crippen molar-refractivity contribution in [1.29, 1.82) is 0 Å². The van der Waals surface area contributed by atoms with Crippen LogP contribution in [0.3, 0.4) is 0 Å². The molecule has 35 heavy (non-hydrogen) atoms. The number of ether oxygens (including phenoxy) is 1. The zero-order valence-corrected chi connectivity index (χ0v) is 22.6. The predicted molar refractivity (Wildman–Crippen MR) is 141 cm³/mol. The third-order valence-electron chi connectivity index (χ3n) is 7.51. The molecule has 2 heterocycles. The first-order chi connectivity index (χ1) is 16.7. The lowest BCUT2D eigenvalue weighted by Crippen LogP contribution is -2.56. The molecule has 2 N–H and O–H groups in total. The zero-order chi connectivity index (χ0) is 25.4. The van der Waals surface area contributed by atoms with Gasteiger partial charge in [0.1, 0.15) is 6.04 Å². The number of piperidine rings is 1. The van der Waals surface area contributed by atoms with Crippen molar-refractivity contribution in [1.82, 2.24) is 15.5 Å². The van der Waals surface area contributed by atoms with Crippen LogP contribution < -0.4 is 10.6 Å². The Kier molecular flexibility index (Phi) is 10.2. The lowest BCUT2D eigenvalue weighted by atomic mass is 9.73. The number of nitrogens with one attached hydrogen (secondary N) is 2. The molecule has 0 bridgehead atoms. The molecule has 0 aliphatic carbocycles. The number of carbonyl (C=O) groups excluding carboxylic acids is 2. The van der Waals surface area contributed by atoms with Gasteiger partial charge in [0.05, 0.1) is 12.0 Å². The molecule has 196 valence electrons. The van der Waals surface area contributed by atoms with Gasteiger partial charge in [-0.15, -0.1) is 0 Å². The second-order valence-electron chi connectivity index (χ2n) is 11.5. The van der Waals surface area contributed by atoms with E-state index in [2.05, 4.69) is 61.4 Å². The summed E-state index contributed by atoms with van der Waals surface area (Å²) >= 11 is 0. The number of hydrogen-bond donors (Lipinski definition) is 2. The highest BCUT2D eigenvalue weighted by Gasteiger charge is 2.42. The Labute approximate surface area is 212 Å². The minimum absolute atomic E-state index is 0.0699. The molecular weight excluding hydrogens is 438 g/mol. The molecule has 0 unspecified atom stereocenters. The van der Waals surface area contributed by atoms with E-state index in [1.807, 2.05) is 6.92 Å². The van der Waals surface area contributed by atoms with Crippen molar-refractivity contribution < 1.29 is 14.3 Å². The van der Waals surface area contributed by atoms with E-state index in [1.54, 1.807) is 0 Å². The second-order valence-corrected chi connectivity index (χ2v) is 11.5. The SMILES string of the molecule is Cc1cc(C)cc(CN2CCC3(CCCCCOC[C@@H](C)NC(=O)[C@H](CC(C)C)NC3=O)CC2)c1. The molecule has 2 aliphatic heterocycles. The Morgan fingerprint density at radius 2 is 1.69 bits per heavy atom. The van der Waals surface area contributed by atoms with Gasteiger partial charge in [-0.05, 0) is 77.4 Å². The van der Waals surface area contributed by atoms with Crippen LogP contribution in [0.4, 0.5) is 0 Å². The summed E-state index contributed by atoms with van der Waals surface area (Å²) in [4.78, 5) is 29.3. The number of benzene rings is 1. The number of hydrogen-bond acceptors (Lipinski definition) is 4. The fraction of sp³-hybridized carbons (Fsp3) is 0.724. The second kappa shape index (κ2) is 12.9. The predicted octanol–water partition coefficient (Wildman–Crippen LogP) is 4.51. The Hall–Kier alpha value is -1.92. The van der Waals surface area contributed by atoms with Crippen LogP contribution in [0.2, 0.25) is 0 Å². The molecule has 2 atom stereocenters. The number of rotatable bonds is 4. The van der Waals surface area contributed by atoms with Gasteiger partial charge in [-0.1, -0.05) is 56.0 Å². The molecule has 0 saturated carbocycles. The summed E-state index contributed by atoms with van der Waals surface area (Å²) in [6.07, 6.45) is 6.27. The maximum Gasteiger partial charge on any atom is 0.242 e. The molecule has 0 aromatic heterocycles. The van der Waals surface area contributed by atoms with Gasteiger partial charge in [-0.25, -0.2) is 0 Å². The zero-order valence-electron chi connectivity index (χ0n) is 22.6. The van der Waals surface area contributed by atoms with Crippen LogP contribution in [0.5, 0.6) is 0 Å². The van der Waals surface area contributed by atoms with E-state index in [0.29, 0.717) is 25.6 Å². The van der Waals surface area contributed by atoms with Crippen molar-refractivity contribution in [3.05, 3.63) is 34.9 Å². The lowest BCUT2D eigenvalue weighted by Gasteiger charge is -2.42. The van der Waals surface area contributed by atoms with Crippen molar-refractivity contribution >= 4 is 11.8 Å². The average molecular weight is 486 g/mol. The van der Waals surface area contributed by atoms with Gasteiger partial charge in [-0.3, -0.25) is 14.5 Å². The summed E-state index contributed by atoms with van der Waals surface area (Å²) in [6.45, 7) is 14.4. The van der Waals surface area contributed by atoms with Crippen molar-refractivity contribution in [2.24, 2.45) is 11.3 Å². The summed E-state index contributed by atoms with van der Waals surface area (Å²) < 4.78 is 5.79. The molecule has 2 amide bonds. The molecule has 1 spiro atoms. The minimum atomic E-state index is -0.502. The summed E-state index contributed by atoms with van der Waals surface area (Å²) in [6, 6.07) is 6.18. The molecule has 2 saturated heterocycles. The number of likely N-dealkylation sites (tertiary alicyclic amines) is 1. The van der Waals surface area contributed by atoms with Gasteiger partial charge in [0.15, 0.2) is 0 Å². The van der Waals surface area contributed by atoms with Crippen LogP contribution in [-0.4, -0.2) is 55.1 Å². The van der Waals surface area contributed by atoms with Crippen LogP contribution in [0.15, 0.2) is 18.2 Å². The normalized spacial score (nSPS) is 25.2. The van der Waals surface area contributed by atoms with Gasteiger partial charge < -0.3 is 15.4 Å². The van der Waals surface area contributed by atoms with Gasteiger partial charge in [-0.2, -0.15) is 0 Å². The Morgan fingerprint density at radius 3 is 2.34 bits per heavy atom. The topological polar surface area (TPSA) is 70.7 Å². The molecule has 6 nitrogen and oxygen atoms in total. The number of aryl methyl sites for hydroxylation is 2. The first-order valence-corrected chi connectivity index (χ1v) is 13.7. The van der Waals surface area contributed by atoms with Crippen molar-refractivity contribution in [2.75, 3.05) is 26.3 Å². The molecule has 1 aromatic rings. The standard InChI is InChI=1S/C29H47N3O3/c1-21(2)15-26-27(33)30-24(5)20-35-14-8-6-7-9-29(28(34)31-26)10-12-32(13-11-29)19-25-17-22(3)16-23(4)18-25/h16-18,21,24,26H,6-15,19-20H2,1-5H3,(H,30,33)(H,31,34)/t24-,26+/m1/s1. The van der Waals surface area contributed by atoms with E-state index in [0.717, 1.165) is 58.2 Å². The smallest absolute Gasteiger partial charge is 0.242 e. The fourth-order valence-electron chi connectivity index (χ4n) is 5.65. The molecule has 1 aromatic carbocycles. The fourth-order valence-corrected chi connectivity index (χ4v) is 5.65. The molecular formula is C29H47N3O3. The van der Waals surface area contributed by atoms with Gasteiger partial charge in [0.2, 0.25) is 11.8 Å². The molecule has 6 heteroatoms. The Morgan fingerprint density at radius 1 is 1.00 bits per heavy atom. The van der Waals surface area contributed by atoms with Gasteiger partial charge in [0, 0.05) is 19.2 Å². The Bertz CT molecular complexity index is 825. The Balaban J connectivity index is 1.72. The van der Waals surface area contributed by atoms with Crippen LogP contribution >= 0.6 is 0 Å². The summed E-state index contributed by atoms with van der Waals surface area (Å²) in [5, 5.41) is 6.26. The number of amides is 2. The monoisotopic (exact) mass is 485 g/mol. The largest absolute Gasteiger partial charge is 0.379 e. The average Bonchev–Trinajstić information content (AvgIpc) is 2.77. The van der Waals surface area contributed by atoms with Gasteiger partial charge >= 0.3 is 0 Å². The van der Waals surface area contributed by atoms with E-state index in [-0.39, 0.29) is 17.9 Å². The highest BCUT2D eigenvalue weighted by Crippen LogP contribution is 2.38. The van der Waals surface area contributed by atoms with Crippen molar-refractivity contribution in [2.45, 2.75) is 98.2 Å². The molecule has 2 aliphatic rings. The lowest BCUT2D eigenvalue weighted by molar-refractivity contribution is -0.139. The maximum atomic E-state index is 13.8. The van der Waals surface area contributed by atoms with Gasteiger partial charge in [0.25, 0.3) is 0 Å².